The van der Waals surface area contributed by atoms with Gasteiger partial charge in [0.2, 0.25) is 0 Å². The Bertz CT molecular complexity index is 267. The molecule has 0 fully saturated rings. The highest BCUT2D eigenvalue weighted by Gasteiger charge is 2.09. The molecule has 1 aromatic heterocycles. The number of rotatable bonds is 2. The van der Waals surface area contributed by atoms with Crippen LogP contribution in [0.3, 0.4) is 0 Å². The number of nitrogens with zero attached hydrogens (tertiary/aromatic N) is 2. The molecule has 0 saturated heterocycles. The molecule has 0 saturated carbocycles. The summed E-state index contributed by atoms with van der Waals surface area (Å²) < 4.78 is 1.29. The first kappa shape index (κ1) is 7.74. The molecule has 5 nitrogen and oxygen atoms in total. The number of amides is 1. The maximum atomic E-state index is 10.6. The van der Waals surface area contributed by atoms with E-state index in [4.69, 9.17) is 10.8 Å². The van der Waals surface area contributed by atoms with Gasteiger partial charge >= 0.3 is 0 Å². The van der Waals surface area contributed by atoms with Gasteiger partial charge in [0.1, 0.15) is 11.9 Å². The molecule has 5 heteroatoms. The minimum absolute atomic E-state index is 0.208. The Kier molecular flexibility index (Phi) is 1.91. The summed E-state index contributed by atoms with van der Waals surface area (Å²) in [6, 6.07) is 0. The van der Waals surface area contributed by atoms with E-state index in [9.17, 15) is 4.79 Å². The first-order valence-electron chi connectivity index (χ1n) is 3.12. The van der Waals surface area contributed by atoms with Gasteiger partial charge < -0.3 is 10.8 Å². The van der Waals surface area contributed by atoms with Gasteiger partial charge in [-0.2, -0.15) is 0 Å². The van der Waals surface area contributed by atoms with Crippen LogP contribution in [0.5, 0.6) is 0 Å². The van der Waals surface area contributed by atoms with Crippen molar-refractivity contribution in [3.8, 4) is 0 Å². The van der Waals surface area contributed by atoms with Gasteiger partial charge in [-0.3, -0.25) is 9.36 Å². The van der Waals surface area contributed by atoms with Crippen LogP contribution in [-0.4, -0.2) is 20.6 Å². The molecule has 1 atom stereocenters. The molecule has 1 amide bonds. The van der Waals surface area contributed by atoms with Gasteiger partial charge in [0.25, 0.3) is 5.91 Å². The van der Waals surface area contributed by atoms with Crippen molar-refractivity contribution in [2.24, 2.45) is 5.73 Å². The van der Waals surface area contributed by atoms with Crippen LogP contribution in [0.2, 0.25) is 0 Å². The van der Waals surface area contributed by atoms with E-state index in [1.165, 1.54) is 24.0 Å². The molecule has 1 aromatic rings. The van der Waals surface area contributed by atoms with E-state index in [0.717, 1.165) is 0 Å². The van der Waals surface area contributed by atoms with E-state index in [0.29, 0.717) is 0 Å². The van der Waals surface area contributed by atoms with E-state index in [2.05, 4.69) is 4.98 Å². The number of aliphatic hydroxyl groups is 1. The van der Waals surface area contributed by atoms with Crippen molar-refractivity contribution in [1.29, 1.82) is 0 Å². The van der Waals surface area contributed by atoms with Crippen LogP contribution in [-0.2, 0) is 0 Å². The van der Waals surface area contributed by atoms with Gasteiger partial charge in [0, 0.05) is 0 Å². The SMILES string of the molecule is CC(O)n1cncc1C(N)=O. The molecule has 0 aliphatic rings. The van der Waals surface area contributed by atoms with Crippen molar-refractivity contribution in [2.75, 3.05) is 0 Å². The first-order chi connectivity index (χ1) is 5.13. The molecule has 0 aliphatic heterocycles. The van der Waals surface area contributed by atoms with Crippen molar-refractivity contribution in [2.45, 2.75) is 13.2 Å². The topological polar surface area (TPSA) is 81.1 Å². The molecule has 11 heavy (non-hydrogen) atoms. The molecule has 0 radical (unpaired) electrons. The minimum atomic E-state index is -0.778. The van der Waals surface area contributed by atoms with Crippen LogP contribution in [0.1, 0.15) is 23.6 Å². The fraction of sp³-hybridized carbons (Fsp3) is 0.333. The van der Waals surface area contributed by atoms with Crippen LogP contribution in [0.25, 0.3) is 0 Å². The lowest BCUT2D eigenvalue weighted by atomic mass is 10.4. The predicted molar refractivity (Wildman–Crippen MR) is 37.7 cm³/mol. The van der Waals surface area contributed by atoms with Gasteiger partial charge in [0.05, 0.1) is 12.5 Å². The van der Waals surface area contributed by atoms with Crippen LogP contribution < -0.4 is 5.73 Å². The fourth-order valence-corrected chi connectivity index (χ4v) is 0.793. The van der Waals surface area contributed by atoms with Crippen LogP contribution in [0.15, 0.2) is 12.5 Å². The zero-order valence-corrected chi connectivity index (χ0v) is 6.06. The van der Waals surface area contributed by atoms with Gasteiger partial charge in [-0.25, -0.2) is 4.98 Å². The Labute approximate surface area is 63.5 Å². The van der Waals surface area contributed by atoms with E-state index >= 15 is 0 Å². The Balaban J connectivity index is 3.06. The number of aromatic nitrogens is 2. The average molecular weight is 155 g/mol. The van der Waals surface area contributed by atoms with Crippen LogP contribution in [0, 0.1) is 0 Å². The van der Waals surface area contributed by atoms with Gasteiger partial charge in [0.15, 0.2) is 0 Å². The second kappa shape index (κ2) is 2.71. The monoisotopic (exact) mass is 155 g/mol. The zero-order chi connectivity index (χ0) is 8.43. The summed E-state index contributed by atoms with van der Waals surface area (Å²) in [5, 5.41) is 9.06. The third kappa shape index (κ3) is 1.38. The van der Waals surface area contributed by atoms with Crippen molar-refractivity contribution < 1.29 is 9.90 Å². The Hall–Kier alpha value is -1.36. The summed E-state index contributed by atoms with van der Waals surface area (Å²) in [5.41, 5.74) is 5.19. The highest BCUT2D eigenvalue weighted by atomic mass is 16.3. The van der Waals surface area contributed by atoms with Crippen molar-refractivity contribution in [3.63, 3.8) is 0 Å². The number of nitrogens with two attached hydrogens (primary N) is 1. The van der Waals surface area contributed by atoms with Gasteiger partial charge in [-0.05, 0) is 6.92 Å². The number of primary amides is 1. The highest BCUT2D eigenvalue weighted by molar-refractivity contribution is 5.90. The number of hydrogen-bond acceptors (Lipinski definition) is 3. The molecule has 0 aromatic carbocycles. The Morgan fingerprint density at radius 2 is 2.55 bits per heavy atom. The second-order valence-corrected chi connectivity index (χ2v) is 2.18. The predicted octanol–water partition coefficient (Wildman–Crippen LogP) is -0.507. The molecule has 0 spiro atoms. The summed E-state index contributed by atoms with van der Waals surface area (Å²) in [7, 11) is 0. The number of carbonyl (C=O) groups is 1. The maximum absolute atomic E-state index is 10.6. The summed E-state index contributed by atoms with van der Waals surface area (Å²) in [4.78, 5) is 14.3. The summed E-state index contributed by atoms with van der Waals surface area (Å²) in [6.07, 6.45) is 1.89. The maximum Gasteiger partial charge on any atom is 0.267 e. The largest absolute Gasteiger partial charge is 0.374 e. The van der Waals surface area contributed by atoms with Gasteiger partial charge in [-0.1, -0.05) is 0 Å². The lowest BCUT2D eigenvalue weighted by Gasteiger charge is -2.07. The Morgan fingerprint density at radius 1 is 1.91 bits per heavy atom. The van der Waals surface area contributed by atoms with E-state index in [1.54, 1.807) is 0 Å². The van der Waals surface area contributed by atoms with E-state index in [-0.39, 0.29) is 5.69 Å². The molecule has 0 aliphatic carbocycles. The zero-order valence-electron chi connectivity index (χ0n) is 6.06. The Morgan fingerprint density at radius 3 is 2.91 bits per heavy atom. The van der Waals surface area contributed by atoms with Gasteiger partial charge in [-0.15, -0.1) is 0 Å². The standard InChI is InChI=1S/C6H9N3O2/c1-4(10)9-3-8-2-5(9)6(7)11/h2-4,10H,1H3,(H2,7,11). The second-order valence-electron chi connectivity index (χ2n) is 2.18. The molecular weight excluding hydrogens is 146 g/mol. The average Bonchev–Trinajstić information content (AvgIpc) is 2.32. The molecule has 3 N–H and O–H groups in total. The van der Waals surface area contributed by atoms with Crippen molar-refractivity contribution >= 4 is 5.91 Å². The normalized spacial score (nSPS) is 12.9. The molecule has 1 rings (SSSR count). The minimum Gasteiger partial charge on any atom is -0.374 e. The third-order valence-corrected chi connectivity index (χ3v) is 1.32. The van der Waals surface area contributed by atoms with Crippen molar-refractivity contribution in [3.05, 3.63) is 18.2 Å². The molecule has 1 unspecified atom stereocenters. The number of carbonyl (C=O) groups excluding carboxylic acids is 1. The van der Waals surface area contributed by atoms with E-state index < -0.39 is 12.1 Å². The quantitative estimate of drug-likeness (QED) is 0.603. The van der Waals surface area contributed by atoms with Crippen molar-refractivity contribution in [1.82, 2.24) is 9.55 Å². The summed E-state index contributed by atoms with van der Waals surface area (Å²) in [6.45, 7) is 1.52. The smallest absolute Gasteiger partial charge is 0.267 e. The fourth-order valence-electron chi connectivity index (χ4n) is 0.793. The summed E-state index contributed by atoms with van der Waals surface area (Å²) in [5.74, 6) is -0.594. The van der Waals surface area contributed by atoms with Crippen LogP contribution in [0.4, 0.5) is 0 Å². The lowest BCUT2D eigenvalue weighted by Crippen LogP contribution is -2.18. The van der Waals surface area contributed by atoms with E-state index in [1.807, 2.05) is 0 Å². The molecular formula is C6H9N3O2. The molecule has 0 bridgehead atoms. The number of hydrogen-bond donors (Lipinski definition) is 2. The third-order valence-electron chi connectivity index (χ3n) is 1.32. The lowest BCUT2D eigenvalue weighted by molar-refractivity contribution is 0.0934. The number of aliphatic hydroxyl groups excluding tert-OH is 1. The molecule has 60 valence electrons. The number of imidazole rings is 1. The van der Waals surface area contributed by atoms with Crippen LogP contribution >= 0.6 is 0 Å². The first-order valence-corrected chi connectivity index (χ1v) is 3.12. The molecule has 1 heterocycles. The highest BCUT2D eigenvalue weighted by Crippen LogP contribution is 2.04. The summed E-state index contributed by atoms with van der Waals surface area (Å²) >= 11 is 0.